The van der Waals surface area contributed by atoms with E-state index in [4.69, 9.17) is 0 Å². The molecule has 0 aliphatic carbocycles. The van der Waals surface area contributed by atoms with Crippen LogP contribution in [0, 0.1) is 0 Å². The van der Waals surface area contributed by atoms with Crippen LogP contribution in [0.2, 0.25) is 0 Å². The molecule has 1 aliphatic heterocycles. The van der Waals surface area contributed by atoms with E-state index in [9.17, 15) is 9.59 Å². The molecule has 0 spiro atoms. The zero-order valence-corrected chi connectivity index (χ0v) is 16.3. The fourth-order valence-electron chi connectivity index (χ4n) is 2.83. The van der Waals surface area contributed by atoms with Gasteiger partial charge in [-0.1, -0.05) is 6.92 Å². The Bertz CT molecular complexity index is 852. The lowest BCUT2D eigenvalue weighted by Gasteiger charge is -2.19. The third kappa shape index (κ3) is 3.42. The first-order valence-electron chi connectivity index (χ1n) is 8.64. The Hall–Kier alpha value is -2.47. The van der Waals surface area contributed by atoms with Crippen LogP contribution in [0.3, 0.4) is 0 Å². The van der Waals surface area contributed by atoms with Crippen molar-refractivity contribution in [2.24, 2.45) is 0 Å². The maximum absolute atomic E-state index is 12.6. The van der Waals surface area contributed by atoms with Crippen LogP contribution < -0.4 is 4.90 Å². The summed E-state index contributed by atoms with van der Waals surface area (Å²) in [5.74, 6) is -0.204. The molecule has 2 heterocycles. The number of hydrogen-bond donors (Lipinski definition) is 0. The molecule has 1 unspecified atom stereocenters. The Morgan fingerprint density at radius 3 is 2.46 bits per heavy atom. The van der Waals surface area contributed by atoms with Crippen LogP contribution in [0.1, 0.15) is 26.0 Å². The molecule has 5 nitrogen and oxygen atoms in total. The Morgan fingerprint density at radius 1 is 1.15 bits per heavy atom. The molecule has 136 valence electrons. The van der Waals surface area contributed by atoms with Gasteiger partial charge >= 0.3 is 0 Å². The van der Waals surface area contributed by atoms with E-state index in [1.165, 1.54) is 4.90 Å². The number of carbonyl (C=O) groups is 2. The second-order valence-electron chi connectivity index (χ2n) is 6.52. The molecule has 6 heteroatoms. The standard InChI is InChI=1S/C20H23N3O2S/c1-5-14(2)23-19(24)18(26-20(23)25)13-17-7-6-12-22(17)16-10-8-15(9-11-16)21(3)4/h6-14H,5H2,1-4H3/b18-13-. The summed E-state index contributed by atoms with van der Waals surface area (Å²) in [7, 11) is 4.01. The minimum atomic E-state index is -0.204. The zero-order valence-electron chi connectivity index (χ0n) is 15.5. The number of benzene rings is 1. The number of anilines is 1. The van der Waals surface area contributed by atoms with Gasteiger partial charge in [-0.25, -0.2) is 0 Å². The summed E-state index contributed by atoms with van der Waals surface area (Å²) in [5.41, 5.74) is 3.00. The van der Waals surface area contributed by atoms with Crippen LogP contribution in [0.5, 0.6) is 0 Å². The normalized spacial score (nSPS) is 17.2. The topological polar surface area (TPSA) is 45.6 Å². The zero-order chi connectivity index (χ0) is 18.8. The van der Waals surface area contributed by atoms with Crippen molar-refractivity contribution in [1.82, 2.24) is 9.47 Å². The Morgan fingerprint density at radius 2 is 1.85 bits per heavy atom. The smallest absolute Gasteiger partial charge is 0.293 e. The minimum Gasteiger partial charge on any atom is -0.378 e. The minimum absolute atomic E-state index is 0.0845. The number of amides is 2. The largest absolute Gasteiger partial charge is 0.378 e. The summed E-state index contributed by atoms with van der Waals surface area (Å²) in [4.78, 5) is 28.7. The summed E-state index contributed by atoms with van der Waals surface area (Å²) >= 11 is 1.01. The maximum atomic E-state index is 12.6. The van der Waals surface area contributed by atoms with Crippen LogP contribution in [0.4, 0.5) is 10.5 Å². The van der Waals surface area contributed by atoms with Gasteiger partial charge in [-0.3, -0.25) is 14.5 Å². The van der Waals surface area contributed by atoms with Gasteiger partial charge in [-0.2, -0.15) is 0 Å². The number of aromatic nitrogens is 1. The van der Waals surface area contributed by atoms with Crippen molar-refractivity contribution in [2.75, 3.05) is 19.0 Å². The van der Waals surface area contributed by atoms with E-state index in [1.54, 1.807) is 6.08 Å². The summed E-state index contributed by atoms with van der Waals surface area (Å²) < 4.78 is 2.01. The van der Waals surface area contributed by atoms with Gasteiger partial charge in [0, 0.05) is 43.4 Å². The van der Waals surface area contributed by atoms with Crippen LogP contribution in [-0.4, -0.2) is 40.8 Å². The molecule has 26 heavy (non-hydrogen) atoms. The molecule has 1 atom stereocenters. The number of rotatable bonds is 5. The lowest BCUT2D eigenvalue weighted by molar-refractivity contribution is -0.124. The Balaban J connectivity index is 1.91. The van der Waals surface area contributed by atoms with Crippen molar-refractivity contribution in [1.29, 1.82) is 0 Å². The van der Waals surface area contributed by atoms with E-state index in [0.717, 1.165) is 35.3 Å². The van der Waals surface area contributed by atoms with E-state index in [1.807, 2.05) is 67.9 Å². The highest BCUT2D eigenvalue weighted by atomic mass is 32.2. The maximum Gasteiger partial charge on any atom is 0.293 e. The molecular weight excluding hydrogens is 346 g/mol. The van der Waals surface area contributed by atoms with Crippen molar-refractivity contribution in [3.05, 3.63) is 53.2 Å². The highest BCUT2D eigenvalue weighted by Gasteiger charge is 2.37. The monoisotopic (exact) mass is 369 g/mol. The molecule has 1 aromatic carbocycles. The van der Waals surface area contributed by atoms with Crippen molar-refractivity contribution in [2.45, 2.75) is 26.3 Å². The van der Waals surface area contributed by atoms with Gasteiger partial charge in [0.25, 0.3) is 11.1 Å². The van der Waals surface area contributed by atoms with E-state index in [2.05, 4.69) is 12.1 Å². The third-order valence-corrected chi connectivity index (χ3v) is 5.44. The molecule has 1 saturated heterocycles. The van der Waals surface area contributed by atoms with Crippen molar-refractivity contribution >= 4 is 34.7 Å². The predicted octanol–water partition coefficient (Wildman–Crippen LogP) is 4.38. The molecule has 0 radical (unpaired) electrons. The summed E-state index contributed by atoms with van der Waals surface area (Å²) in [6.07, 6.45) is 4.50. The SMILES string of the molecule is CCC(C)N1C(=O)S/C(=C\c2cccn2-c2ccc(N(C)C)cc2)C1=O. The number of imide groups is 1. The number of thioether (sulfide) groups is 1. The summed E-state index contributed by atoms with van der Waals surface area (Å²) in [6.45, 7) is 3.87. The van der Waals surface area contributed by atoms with E-state index < -0.39 is 0 Å². The quantitative estimate of drug-likeness (QED) is 0.734. The average Bonchev–Trinajstić information content (AvgIpc) is 3.19. The summed E-state index contributed by atoms with van der Waals surface area (Å²) in [5, 5.41) is -0.191. The molecule has 1 aromatic heterocycles. The molecule has 2 amide bonds. The molecule has 1 aliphatic rings. The van der Waals surface area contributed by atoms with Gasteiger partial charge in [-0.05, 0) is 67.6 Å². The molecule has 2 aromatic rings. The first-order valence-corrected chi connectivity index (χ1v) is 9.46. The van der Waals surface area contributed by atoms with E-state index >= 15 is 0 Å². The Kier molecular flexibility index (Phi) is 5.23. The molecule has 0 bridgehead atoms. The average molecular weight is 369 g/mol. The number of carbonyl (C=O) groups excluding carboxylic acids is 2. The van der Waals surface area contributed by atoms with E-state index in [0.29, 0.717) is 4.91 Å². The fraction of sp³-hybridized carbons (Fsp3) is 0.300. The molecular formula is C20H23N3O2S. The molecule has 1 fully saturated rings. The highest BCUT2D eigenvalue weighted by Crippen LogP contribution is 2.34. The van der Waals surface area contributed by atoms with Crippen LogP contribution in [0.15, 0.2) is 47.5 Å². The first-order chi connectivity index (χ1) is 12.4. The summed E-state index contributed by atoms with van der Waals surface area (Å²) in [6, 6.07) is 12.0. The van der Waals surface area contributed by atoms with Crippen molar-refractivity contribution in [3.8, 4) is 5.69 Å². The molecule has 3 rings (SSSR count). The number of hydrogen-bond acceptors (Lipinski definition) is 4. The van der Waals surface area contributed by atoms with Crippen molar-refractivity contribution < 1.29 is 9.59 Å². The van der Waals surface area contributed by atoms with Crippen molar-refractivity contribution in [3.63, 3.8) is 0 Å². The van der Waals surface area contributed by atoms with Gasteiger partial charge in [0.15, 0.2) is 0 Å². The first kappa shape index (κ1) is 18.3. The molecule has 0 N–H and O–H groups in total. The lowest BCUT2D eigenvalue weighted by atomic mass is 10.2. The molecule has 0 saturated carbocycles. The second-order valence-corrected chi connectivity index (χ2v) is 7.52. The number of nitrogens with zero attached hydrogens (tertiary/aromatic N) is 3. The second kappa shape index (κ2) is 7.41. The van der Waals surface area contributed by atoms with Gasteiger partial charge < -0.3 is 9.47 Å². The predicted molar refractivity (Wildman–Crippen MR) is 108 cm³/mol. The highest BCUT2D eigenvalue weighted by molar-refractivity contribution is 8.18. The third-order valence-electron chi connectivity index (χ3n) is 4.56. The lowest BCUT2D eigenvalue weighted by Crippen LogP contribution is -2.36. The van der Waals surface area contributed by atoms with Gasteiger partial charge in [0.2, 0.25) is 0 Å². The van der Waals surface area contributed by atoms with E-state index in [-0.39, 0.29) is 17.2 Å². The van der Waals surface area contributed by atoms with Crippen LogP contribution in [0.25, 0.3) is 11.8 Å². The fourth-order valence-corrected chi connectivity index (χ4v) is 3.75. The van der Waals surface area contributed by atoms with Gasteiger partial charge in [-0.15, -0.1) is 0 Å². The van der Waals surface area contributed by atoms with Gasteiger partial charge in [0.05, 0.1) is 4.91 Å². The van der Waals surface area contributed by atoms with Gasteiger partial charge in [0.1, 0.15) is 0 Å². The Labute approximate surface area is 158 Å². The van der Waals surface area contributed by atoms with Crippen LogP contribution >= 0.6 is 11.8 Å². The van der Waals surface area contributed by atoms with Crippen LogP contribution in [-0.2, 0) is 4.79 Å².